The van der Waals surface area contributed by atoms with E-state index in [0.29, 0.717) is 0 Å². The van der Waals surface area contributed by atoms with Gasteiger partial charge in [0.15, 0.2) is 0 Å². The van der Waals surface area contributed by atoms with Crippen LogP contribution < -0.4 is 0 Å². The van der Waals surface area contributed by atoms with Crippen molar-refractivity contribution >= 4 is 7.26 Å². The fourth-order valence-corrected chi connectivity index (χ4v) is 13.4. The molecule has 0 aromatic heterocycles. The maximum Gasteiger partial charge on any atom is 0.0779 e. The summed E-state index contributed by atoms with van der Waals surface area (Å²) in [5.41, 5.74) is 3.39. The second-order valence-corrected chi connectivity index (χ2v) is 12.9. The smallest absolute Gasteiger partial charge is 0.0779 e. The molecule has 0 unspecified atom stereocenters. The first-order valence-corrected chi connectivity index (χ1v) is 12.5. The number of hydrogen-bond donors (Lipinski definition) is 0. The standard InChI is InChI=1S/C21H38P/c1-2-18-22(19-12-6-3-7-13-19,20-14-8-4-9-15-20)21-16-10-5-11-17-21/h2,19-21H,1,3-18H2/q+1. The third kappa shape index (κ3) is 3.48. The lowest BCUT2D eigenvalue weighted by Crippen LogP contribution is -2.37. The van der Waals surface area contributed by atoms with E-state index < -0.39 is 7.26 Å². The van der Waals surface area contributed by atoms with Gasteiger partial charge in [0.05, 0.1) is 23.1 Å². The van der Waals surface area contributed by atoms with Gasteiger partial charge in [-0.05, 0) is 77.0 Å². The van der Waals surface area contributed by atoms with E-state index >= 15 is 0 Å². The van der Waals surface area contributed by atoms with Crippen molar-refractivity contribution in [2.45, 2.75) is 113 Å². The van der Waals surface area contributed by atoms with E-state index in [1.807, 2.05) is 0 Å². The molecule has 3 rings (SSSR count). The molecule has 3 fully saturated rings. The zero-order valence-corrected chi connectivity index (χ0v) is 15.7. The van der Waals surface area contributed by atoms with Gasteiger partial charge in [0.25, 0.3) is 0 Å². The molecule has 0 nitrogen and oxygen atoms in total. The Morgan fingerprint density at radius 3 is 1.18 bits per heavy atom. The lowest BCUT2D eigenvalue weighted by molar-refractivity contribution is 0.451. The van der Waals surface area contributed by atoms with Crippen LogP contribution in [0.2, 0.25) is 0 Å². The van der Waals surface area contributed by atoms with Crippen molar-refractivity contribution in [2.24, 2.45) is 0 Å². The second-order valence-electron chi connectivity index (χ2n) is 8.34. The monoisotopic (exact) mass is 321 g/mol. The Balaban J connectivity index is 1.89. The van der Waals surface area contributed by atoms with E-state index in [2.05, 4.69) is 12.7 Å². The summed E-state index contributed by atoms with van der Waals surface area (Å²) in [7, 11) is -0.840. The Morgan fingerprint density at radius 1 is 0.591 bits per heavy atom. The summed E-state index contributed by atoms with van der Waals surface area (Å²) >= 11 is 0. The Bertz CT molecular complexity index is 284. The van der Waals surface area contributed by atoms with Crippen LogP contribution in [0, 0.1) is 0 Å². The molecular formula is C21H38P+. The first-order valence-electron chi connectivity index (χ1n) is 10.4. The van der Waals surface area contributed by atoms with Gasteiger partial charge in [-0.1, -0.05) is 31.9 Å². The van der Waals surface area contributed by atoms with Gasteiger partial charge in [0, 0.05) is 7.26 Å². The van der Waals surface area contributed by atoms with E-state index in [0.717, 1.165) is 17.0 Å². The topological polar surface area (TPSA) is 0 Å². The molecule has 3 aliphatic carbocycles. The lowest BCUT2D eigenvalue weighted by atomic mass is 9.99. The largest absolute Gasteiger partial charge is 0.0995 e. The SMILES string of the molecule is C=CC[P+](C1CCCCC1)(C1CCCCC1)C1CCCCC1. The van der Waals surface area contributed by atoms with Gasteiger partial charge in [0.2, 0.25) is 0 Å². The van der Waals surface area contributed by atoms with E-state index in [-0.39, 0.29) is 0 Å². The minimum atomic E-state index is -0.840. The molecule has 3 aliphatic rings. The van der Waals surface area contributed by atoms with Gasteiger partial charge >= 0.3 is 0 Å². The fourth-order valence-electron chi connectivity index (χ4n) is 6.25. The fraction of sp³-hybridized carbons (Fsp3) is 0.905. The molecule has 0 saturated heterocycles. The van der Waals surface area contributed by atoms with Crippen molar-refractivity contribution in [3.8, 4) is 0 Å². The first kappa shape index (κ1) is 17.0. The highest BCUT2D eigenvalue weighted by molar-refractivity contribution is 7.78. The highest BCUT2D eigenvalue weighted by Gasteiger charge is 2.56. The highest BCUT2D eigenvalue weighted by atomic mass is 31.2. The molecule has 22 heavy (non-hydrogen) atoms. The molecule has 0 aromatic rings. The maximum absolute atomic E-state index is 4.26. The second kappa shape index (κ2) is 8.32. The minimum absolute atomic E-state index is 0.840. The van der Waals surface area contributed by atoms with Gasteiger partial charge in [-0.15, -0.1) is 0 Å². The summed E-state index contributed by atoms with van der Waals surface area (Å²) < 4.78 is 0. The van der Waals surface area contributed by atoms with Gasteiger partial charge < -0.3 is 0 Å². The number of allylic oxidation sites excluding steroid dienone is 1. The zero-order chi connectivity index (χ0) is 15.3. The normalized spacial score (nSPS) is 26.9. The Morgan fingerprint density at radius 2 is 0.909 bits per heavy atom. The summed E-state index contributed by atoms with van der Waals surface area (Å²) in [6.45, 7) is 4.26. The number of hydrogen-bond acceptors (Lipinski definition) is 0. The van der Waals surface area contributed by atoms with Crippen LogP contribution in [0.15, 0.2) is 12.7 Å². The van der Waals surface area contributed by atoms with Crippen molar-refractivity contribution < 1.29 is 0 Å². The average Bonchev–Trinajstić information content (AvgIpc) is 2.62. The first-order chi connectivity index (χ1) is 10.9. The zero-order valence-electron chi connectivity index (χ0n) is 14.8. The molecule has 3 saturated carbocycles. The van der Waals surface area contributed by atoms with Crippen molar-refractivity contribution in [1.82, 2.24) is 0 Å². The van der Waals surface area contributed by atoms with Crippen molar-refractivity contribution in [3.05, 3.63) is 12.7 Å². The molecule has 0 aliphatic heterocycles. The van der Waals surface area contributed by atoms with Crippen molar-refractivity contribution in [1.29, 1.82) is 0 Å². The molecule has 0 aromatic carbocycles. The van der Waals surface area contributed by atoms with Crippen LogP contribution in [-0.4, -0.2) is 23.1 Å². The molecule has 0 amide bonds. The molecule has 0 heterocycles. The predicted molar refractivity (Wildman–Crippen MR) is 103 cm³/mol. The Kier molecular flexibility index (Phi) is 6.43. The van der Waals surface area contributed by atoms with Gasteiger partial charge in [-0.2, -0.15) is 0 Å². The van der Waals surface area contributed by atoms with Crippen LogP contribution >= 0.6 is 7.26 Å². The Hall–Kier alpha value is 0.170. The quantitative estimate of drug-likeness (QED) is 0.371. The van der Waals surface area contributed by atoms with Crippen LogP contribution in [-0.2, 0) is 0 Å². The van der Waals surface area contributed by atoms with Crippen LogP contribution in [0.25, 0.3) is 0 Å². The van der Waals surface area contributed by atoms with Crippen LogP contribution in [0.4, 0.5) is 0 Å². The number of rotatable bonds is 5. The van der Waals surface area contributed by atoms with Crippen LogP contribution in [0.1, 0.15) is 96.3 Å². The molecule has 0 atom stereocenters. The van der Waals surface area contributed by atoms with Gasteiger partial charge in [-0.3, -0.25) is 0 Å². The summed E-state index contributed by atoms with van der Waals surface area (Å²) in [4.78, 5) is 0. The summed E-state index contributed by atoms with van der Waals surface area (Å²) in [6, 6.07) is 0. The minimum Gasteiger partial charge on any atom is -0.0995 e. The van der Waals surface area contributed by atoms with Gasteiger partial charge in [0.1, 0.15) is 0 Å². The third-order valence-corrected chi connectivity index (χ3v) is 13.7. The van der Waals surface area contributed by atoms with E-state index in [4.69, 9.17) is 0 Å². The Labute approximate surface area is 139 Å². The lowest BCUT2D eigenvalue weighted by Gasteiger charge is -2.48. The summed E-state index contributed by atoms with van der Waals surface area (Å²) in [6.07, 6.45) is 27.0. The van der Waals surface area contributed by atoms with Crippen LogP contribution in [0.3, 0.4) is 0 Å². The molecule has 0 radical (unpaired) electrons. The molecule has 1 heteroatoms. The maximum atomic E-state index is 4.26. The van der Waals surface area contributed by atoms with Gasteiger partial charge in [-0.25, -0.2) is 0 Å². The molecule has 126 valence electrons. The molecule has 0 bridgehead atoms. The van der Waals surface area contributed by atoms with E-state index in [1.165, 1.54) is 63.9 Å². The van der Waals surface area contributed by atoms with Crippen LogP contribution in [0.5, 0.6) is 0 Å². The highest BCUT2D eigenvalue weighted by Crippen LogP contribution is 2.77. The van der Waals surface area contributed by atoms with Crippen molar-refractivity contribution in [2.75, 3.05) is 6.16 Å². The van der Waals surface area contributed by atoms with Crippen molar-refractivity contribution in [3.63, 3.8) is 0 Å². The predicted octanol–water partition coefficient (Wildman–Crippen LogP) is 7.19. The molecular weight excluding hydrogens is 283 g/mol. The molecule has 0 N–H and O–H groups in total. The third-order valence-electron chi connectivity index (χ3n) is 7.21. The average molecular weight is 322 g/mol. The molecule has 0 spiro atoms. The summed E-state index contributed by atoms with van der Waals surface area (Å²) in [5, 5.41) is 0. The van der Waals surface area contributed by atoms with E-state index in [1.54, 1.807) is 38.5 Å². The van der Waals surface area contributed by atoms with E-state index in [9.17, 15) is 0 Å². The summed E-state index contributed by atoms with van der Waals surface area (Å²) in [5.74, 6) is 0.